The molecule has 0 aliphatic heterocycles. The Hall–Kier alpha value is -3.55. The van der Waals surface area contributed by atoms with Gasteiger partial charge in [-0.3, -0.25) is 9.59 Å². The maximum absolute atomic E-state index is 13.8. The van der Waals surface area contributed by atoms with Crippen LogP contribution in [0.15, 0.2) is 66.7 Å². The summed E-state index contributed by atoms with van der Waals surface area (Å²) in [4.78, 5) is 39.3. The normalized spacial score (nSPS) is 14.9. The van der Waals surface area contributed by atoms with Crippen molar-refractivity contribution in [3.05, 3.63) is 93.5 Å². The molecule has 3 aromatic rings. The lowest BCUT2D eigenvalue weighted by molar-refractivity contribution is -0.147. The minimum absolute atomic E-state index is 0.135. The van der Waals surface area contributed by atoms with Crippen LogP contribution >= 0.6 is 23.2 Å². The molecule has 2 amide bonds. The molecule has 0 radical (unpaired) electrons. The number of carbonyl (C=O) groups is 3. The van der Waals surface area contributed by atoms with Gasteiger partial charge in [-0.1, -0.05) is 72.8 Å². The largest absolute Gasteiger partial charge is 0.497 e. The van der Waals surface area contributed by atoms with E-state index < -0.39 is 23.3 Å². The summed E-state index contributed by atoms with van der Waals surface area (Å²) in [6.45, 7) is 0. The van der Waals surface area contributed by atoms with Crippen molar-refractivity contribution >= 4 is 46.7 Å². The fourth-order valence-electron chi connectivity index (χ4n) is 5.36. The Balaban J connectivity index is 1.46. The van der Waals surface area contributed by atoms with Crippen LogP contribution in [0.4, 0.5) is 5.69 Å². The van der Waals surface area contributed by atoms with Crippen LogP contribution in [0.3, 0.4) is 0 Å². The Bertz CT molecular complexity index is 1350. The molecule has 216 valence electrons. The van der Waals surface area contributed by atoms with E-state index in [2.05, 4.69) is 10.6 Å². The summed E-state index contributed by atoms with van der Waals surface area (Å²) in [5.41, 5.74) is 1.97. The van der Waals surface area contributed by atoms with Crippen molar-refractivity contribution in [1.82, 2.24) is 5.32 Å². The summed E-state index contributed by atoms with van der Waals surface area (Å²) >= 11 is 12.3. The number of hydrogen-bond donors (Lipinski definition) is 2. The first-order valence-corrected chi connectivity index (χ1v) is 14.4. The minimum Gasteiger partial charge on any atom is -0.497 e. The third-order valence-electron chi connectivity index (χ3n) is 7.63. The molecule has 1 unspecified atom stereocenters. The molecule has 0 bridgehead atoms. The van der Waals surface area contributed by atoms with Gasteiger partial charge in [0.05, 0.1) is 35.2 Å². The topological polar surface area (TPSA) is 93.7 Å². The number of carbonyl (C=O) groups excluding carboxylic acids is 3. The number of ether oxygens (including phenoxy) is 2. The molecule has 1 saturated carbocycles. The molecule has 1 aliphatic rings. The summed E-state index contributed by atoms with van der Waals surface area (Å²) in [5, 5.41) is 6.31. The zero-order chi connectivity index (χ0) is 29.4. The molecule has 4 rings (SSSR count). The maximum Gasteiger partial charge on any atom is 0.328 e. The lowest BCUT2D eigenvalue weighted by Gasteiger charge is -2.37. The van der Waals surface area contributed by atoms with Gasteiger partial charge in [-0.2, -0.15) is 0 Å². The van der Waals surface area contributed by atoms with Crippen LogP contribution in [0.25, 0.3) is 0 Å². The summed E-state index contributed by atoms with van der Waals surface area (Å²) in [6, 6.07) is 18.8. The van der Waals surface area contributed by atoms with Gasteiger partial charge < -0.3 is 20.1 Å². The van der Waals surface area contributed by atoms with Crippen molar-refractivity contribution in [2.75, 3.05) is 19.5 Å². The number of rotatable bonds is 10. The molecule has 3 aromatic carbocycles. The molecule has 0 aromatic heterocycles. The number of anilines is 1. The molecule has 2 N–H and O–H groups in total. The van der Waals surface area contributed by atoms with Crippen LogP contribution in [0, 0.1) is 5.41 Å². The van der Waals surface area contributed by atoms with Gasteiger partial charge in [-0.25, -0.2) is 4.79 Å². The zero-order valence-electron chi connectivity index (χ0n) is 23.2. The molecule has 1 aliphatic carbocycles. The van der Waals surface area contributed by atoms with Gasteiger partial charge >= 0.3 is 5.97 Å². The van der Waals surface area contributed by atoms with Crippen LogP contribution in [0.2, 0.25) is 10.0 Å². The first-order chi connectivity index (χ1) is 19.7. The second kappa shape index (κ2) is 13.9. The number of methoxy groups -OCH3 is 2. The molecule has 7 nitrogen and oxygen atoms in total. The molecule has 0 heterocycles. The molecule has 0 spiro atoms. The van der Waals surface area contributed by atoms with E-state index in [9.17, 15) is 14.4 Å². The SMILES string of the molecule is COC(=O)C(Cc1ccc(NC(=O)c2c(Cl)cccc2Cl)cc1)NC(=O)C1(Cc2ccc(OC)cc2)CCCCC1. The van der Waals surface area contributed by atoms with Crippen molar-refractivity contribution in [3.8, 4) is 5.75 Å². The van der Waals surface area contributed by atoms with E-state index in [0.29, 0.717) is 12.1 Å². The third kappa shape index (κ3) is 7.60. The highest BCUT2D eigenvalue weighted by atomic mass is 35.5. The Morgan fingerprint density at radius 3 is 2.05 bits per heavy atom. The number of hydrogen-bond acceptors (Lipinski definition) is 5. The van der Waals surface area contributed by atoms with E-state index >= 15 is 0 Å². The predicted octanol–water partition coefficient (Wildman–Crippen LogP) is 6.65. The lowest BCUT2D eigenvalue weighted by Crippen LogP contribution is -2.51. The van der Waals surface area contributed by atoms with Gasteiger partial charge in [0.2, 0.25) is 5.91 Å². The van der Waals surface area contributed by atoms with Crippen molar-refractivity contribution in [3.63, 3.8) is 0 Å². The lowest BCUT2D eigenvalue weighted by atomic mass is 9.69. The molecule has 41 heavy (non-hydrogen) atoms. The number of nitrogens with one attached hydrogen (secondary N) is 2. The van der Waals surface area contributed by atoms with Gasteiger partial charge in [0.15, 0.2) is 0 Å². The number of halogens is 2. The Morgan fingerprint density at radius 1 is 0.854 bits per heavy atom. The quantitative estimate of drug-likeness (QED) is 0.256. The first kappa shape index (κ1) is 30.4. The highest BCUT2D eigenvalue weighted by Gasteiger charge is 2.41. The predicted molar refractivity (Wildman–Crippen MR) is 161 cm³/mol. The molecule has 1 atom stereocenters. The highest BCUT2D eigenvalue weighted by molar-refractivity contribution is 6.40. The van der Waals surface area contributed by atoms with Crippen LogP contribution in [0.1, 0.15) is 53.6 Å². The number of benzene rings is 3. The van der Waals surface area contributed by atoms with E-state index in [0.717, 1.165) is 49.0 Å². The average molecular weight is 598 g/mol. The van der Waals surface area contributed by atoms with Gasteiger partial charge in [0, 0.05) is 12.1 Å². The van der Waals surface area contributed by atoms with Crippen molar-refractivity contribution in [2.45, 2.75) is 51.0 Å². The van der Waals surface area contributed by atoms with E-state index in [1.54, 1.807) is 49.6 Å². The zero-order valence-corrected chi connectivity index (χ0v) is 24.7. The Morgan fingerprint density at radius 2 is 1.46 bits per heavy atom. The second-order valence-electron chi connectivity index (χ2n) is 10.4. The molecule has 9 heteroatoms. The Kier molecular flexibility index (Phi) is 10.3. The third-order valence-corrected chi connectivity index (χ3v) is 8.26. The van der Waals surface area contributed by atoms with Gasteiger partial charge in [0.25, 0.3) is 5.91 Å². The van der Waals surface area contributed by atoms with Gasteiger partial charge in [0.1, 0.15) is 11.8 Å². The van der Waals surface area contributed by atoms with Crippen molar-refractivity contribution in [1.29, 1.82) is 0 Å². The van der Waals surface area contributed by atoms with E-state index in [1.807, 2.05) is 24.3 Å². The molecule has 1 fully saturated rings. The van der Waals surface area contributed by atoms with Gasteiger partial charge in [-0.05, 0) is 66.8 Å². The fourth-order valence-corrected chi connectivity index (χ4v) is 5.93. The highest BCUT2D eigenvalue weighted by Crippen LogP contribution is 2.40. The molecule has 0 saturated heterocycles. The molecular weight excluding hydrogens is 563 g/mol. The monoisotopic (exact) mass is 596 g/mol. The van der Waals surface area contributed by atoms with Crippen LogP contribution < -0.4 is 15.4 Å². The molecular formula is C32H34Cl2N2O5. The van der Waals surface area contributed by atoms with Crippen LogP contribution in [-0.2, 0) is 27.2 Å². The fraction of sp³-hybridized carbons (Fsp3) is 0.344. The summed E-state index contributed by atoms with van der Waals surface area (Å²) < 4.78 is 10.3. The number of amides is 2. The minimum atomic E-state index is -0.857. The summed E-state index contributed by atoms with van der Waals surface area (Å²) in [5.74, 6) is -0.314. The standard InChI is InChI=1S/C32H34Cl2N2O5/c1-40-24-15-11-22(12-16-24)20-32(17-4-3-5-18-32)31(39)36-27(30(38)41-2)19-21-9-13-23(14-10-21)35-29(37)28-25(33)7-6-8-26(28)34/h6-16,27H,3-5,17-20H2,1-2H3,(H,35,37)(H,36,39). The van der Waals surface area contributed by atoms with Gasteiger partial charge in [-0.15, -0.1) is 0 Å². The first-order valence-electron chi connectivity index (χ1n) is 13.6. The summed E-state index contributed by atoms with van der Waals surface area (Å²) in [7, 11) is 2.94. The van der Waals surface area contributed by atoms with Crippen LogP contribution in [0.5, 0.6) is 5.75 Å². The number of esters is 1. The second-order valence-corrected chi connectivity index (χ2v) is 11.2. The smallest absolute Gasteiger partial charge is 0.328 e. The van der Waals surface area contributed by atoms with E-state index in [1.165, 1.54) is 7.11 Å². The van der Waals surface area contributed by atoms with Crippen LogP contribution in [-0.4, -0.2) is 38.0 Å². The maximum atomic E-state index is 13.8. The Labute approximate surface area is 250 Å². The van der Waals surface area contributed by atoms with E-state index in [-0.39, 0.29) is 27.9 Å². The average Bonchev–Trinajstić information content (AvgIpc) is 2.98. The summed E-state index contributed by atoms with van der Waals surface area (Å²) in [6.07, 6.45) is 5.33. The van der Waals surface area contributed by atoms with Crippen molar-refractivity contribution in [2.24, 2.45) is 5.41 Å². The van der Waals surface area contributed by atoms with E-state index in [4.69, 9.17) is 32.7 Å². The van der Waals surface area contributed by atoms with Crippen molar-refractivity contribution < 1.29 is 23.9 Å².